The van der Waals surface area contributed by atoms with E-state index in [-0.39, 0.29) is 17.5 Å². The second-order valence-electron chi connectivity index (χ2n) is 5.38. The fourth-order valence-electron chi connectivity index (χ4n) is 2.60. The normalized spacial score (nSPS) is 19.7. The van der Waals surface area contributed by atoms with Gasteiger partial charge in [0, 0.05) is 9.86 Å². The zero-order chi connectivity index (χ0) is 16.0. The number of Topliss-reactive ketones (excluding diaryl/α,β-unsaturated/α-hetero) is 1. The molecule has 0 N–H and O–H groups in total. The first kappa shape index (κ1) is 14.4. The van der Waals surface area contributed by atoms with Crippen molar-refractivity contribution in [3.05, 3.63) is 80.6 Å². The van der Waals surface area contributed by atoms with Gasteiger partial charge in [0.1, 0.15) is 17.3 Å². The lowest BCUT2D eigenvalue weighted by Crippen LogP contribution is -2.18. The number of hydrogen-bond acceptors (Lipinski definition) is 4. The van der Waals surface area contributed by atoms with Crippen LogP contribution in [0.2, 0.25) is 0 Å². The Morgan fingerprint density at radius 3 is 2.57 bits per heavy atom. The molecule has 5 heteroatoms. The van der Waals surface area contributed by atoms with E-state index in [2.05, 4.69) is 15.9 Å². The molecule has 1 fully saturated rings. The number of halogens is 1. The molecular weight excluding hydrogens is 360 g/mol. The molecule has 0 amide bonds. The molecule has 0 spiro atoms. The second-order valence-corrected chi connectivity index (χ2v) is 6.29. The highest BCUT2D eigenvalue weighted by molar-refractivity contribution is 9.10. The summed E-state index contributed by atoms with van der Waals surface area (Å²) in [6, 6.07) is 16.2. The van der Waals surface area contributed by atoms with Crippen LogP contribution in [0.1, 0.15) is 22.0 Å². The lowest BCUT2D eigenvalue weighted by molar-refractivity contribution is 0.0950. The largest absolute Gasteiger partial charge is 0.422 e. The molecule has 0 radical (unpaired) electrons. The molecule has 2 aromatic carbocycles. The number of hydrogen-bond donors (Lipinski definition) is 0. The number of para-hydroxylation sites is 1. The minimum Gasteiger partial charge on any atom is -0.422 e. The minimum absolute atomic E-state index is 0.0355. The van der Waals surface area contributed by atoms with Crippen LogP contribution < -0.4 is 5.63 Å². The van der Waals surface area contributed by atoms with E-state index in [9.17, 15) is 9.59 Å². The minimum atomic E-state index is -0.626. The van der Waals surface area contributed by atoms with Gasteiger partial charge in [0.05, 0.1) is 0 Å². The van der Waals surface area contributed by atoms with E-state index in [1.54, 1.807) is 24.3 Å². The summed E-state index contributed by atoms with van der Waals surface area (Å²) >= 11 is 3.37. The molecule has 4 nitrogen and oxygen atoms in total. The highest BCUT2D eigenvalue weighted by Gasteiger charge is 2.47. The van der Waals surface area contributed by atoms with Gasteiger partial charge in [-0.05, 0) is 29.8 Å². The van der Waals surface area contributed by atoms with Crippen molar-refractivity contribution in [1.29, 1.82) is 0 Å². The summed E-state index contributed by atoms with van der Waals surface area (Å²) in [7, 11) is 0. The fraction of sp³-hybridized carbons (Fsp3) is 0.111. The number of benzene rings is 2. The van der Waals surface area contributed by atoms with Gasteiger partial charge in [-0.15, -0.1) is 0 Å². The van der Waals surface area contributed by atoms with Gasteiger partial charge >= 0.3 is 5.63 Å². The van der Waals surface area contributed by atoms with Crippen molar-refractivity contribution in [3.63, 3.8) is 0 Å². The van der Waals surface area contributed by atoms with E-state index >= 15 is 0 Å². The number of carbonyl (C=O) groups is 1. The van der Waals surface area contributed by atoms with Gasteiger partial charge in [0.2, 0.25) is 5.78 Å². The van der Waals surface area contributed by atoms with Crippen LogP contribution in [-0.4, -0.2) is 11.9 Å². The topological polar surface area (TPSA) is 59.8 Å². The summed E-state index contributed by atoms with van der Waals surface area (Å²) in [5.41, 5.74) is 0.791. The van der Waals surface area contributed by atoms with Gasteiger partial charge < -0.3 is 9.15 Å². The zero-order valence-corrected chi connectivity index (χ0v) is 13.4. The molecule has 1 aliphatic heterocycles. The molecule has 2 unspecified atom stereocenters. The first-order valence-corrected chi connectivity index (χ1v) is 7.91. The summed E-state index contributed by atoms with van der Waals surface area (Å²) in [4.78, 5) is 24.6. The molecule has 23 heavy (non-hydrogen) atoms. The number of ether oxygens (including phenoxy) is 1. The van der Waals surface area contributed by atoms with Crippen molar-refractivity contribution in [2.45, 2.75) is 12.2 Å². The maximum atomic E-state index is 12.5. The van der Waals surface area contributed by atoms with Crippen LogP contribution in [0.25, 0.3) is 11.0 Å². The maximum Gasteiger partial charge on any atom is 0.347 e. The molecule has 1 saturated heterocycles. The van der Waals surface area contributed by atoms with Crippen LogP contribution in [0.15, 0.2) is 68.3 Å². The predicted molar refractivity (Wildman–Crippen MR) is 88.6 cm³/mol. The van der Waals surface area contributed by atoms with Crippen molar-refractivity contribution in [3.8, 4) is 0 Å². The maximum absolute atomic E-state index is 12.5. The van der Waals surface area contributed by atoms with Crippen LogP contribution in [0, 0.1) is 0 Å². The van der Waals surface area contributed by atoms with Crippen LogP contribution in [0.5, 0.6) is 0 Å². The molecule has 114 valence electrons. The SMILES string of the molecule is O=C(c1cc2ccccc2oc1=O)C1OC1c1ccc(Br)cc1. The fourth-order valence-corrected chi connectivity index (χ4v) is 2.87. The summed E-state index contributed by atoms with van der Waals surface area (Å²) < 4.78 is 11.6. The number of fused-ring (bicyclic) bond motifs is 1. The molecule has 0 bridgehead atoms. The summed E-state index contributed by atoms with van der Waals surface area (Å²) in [5.74, 6) is -0.336. The molecule has 2 atom stereocenters. The quantitative estimate of drug-likeness (QED) is 0.398. The van der Waals surface area contributed by atoms with Crippen LogP contribution in [0.4, 0.5) is 0 Å². The van der Waals surface area contributed by atoms with E-state index in [1.165, 1.54) is 0 Å². The van der Waals surface area contributed by atoms with Crippen molar-refractivity contribution < 1.29 is 13.9 Å². The average Bonchev–Trinajstić information content (AvgIpc) is 3.35. The van der Waals surface area contributed by atoms with E-state index in [1.807, 2.05) is 30.3 Å². The number of ketones is 1. The summed E-state index contributed by atoms with van der Waals surface area (Å²) in [5, 5.41) is 0.719. The highest BCUT2D eigenvalue weighted by atomic mass is 79.9. The molecular formula is C18H11BrO4. The number of rotatable bonds is 3. The van der Waals surface area contributed by atoms with E-state index in [0.29, 0.717) is 5.58 Å². The third-order valence-corrected chi connectivity index (χ3v) is 4.38. The third-order valence-electron chi connectivity index (χ3n) is 3.86. The van der Waals surface area contributed by atoms with Crippen molar-refractivity contribution >= 4 is 32.7 Å². The van der Waals surface area contributed by atoms with E-state index in [4.69, 9.17) is 9.15 Å². The van der Waals surface area contributed by atoms with Crippen LogP contribution in [0.3, 0.4) is 0 Å². The zero-order valence-electron chi connectivity index (χ0n) is 11.9. The Hall–Kier alpha value is -2.24. The van der Waals surface area contributed by atoms with Gasteiger partial charge in [-0.25, -0.2) is 4.79 Å². The van der Waals surface area contributed by atoms with Crippen molar-refractivity contribution in [2.75, 3.05) is 0 Å². The first-order valence-electron chi connectivity index (χ1n) is 7.11. The van der Waals surface area contributed by atoms with Gasteiger partial charge in [-0.1, -0.05) is 46.3 Å². The lowest BCUT2D eigenvalue weighted by atomic mass is 10.0. The van der Waals surface area contributed by atoms with Crippen LogP contribution in [-0.2, 0) is 4.74 Å². The Balaban J connectivity index is 1.64. The van der Waals surface area contributed by atoms with Gasteiger partial charge in [-0.2, -0.15) is 0 Å². The molecule has 4 rings (SSSR count). The van der Waals surface area contributed by atoms with Crippen LogP contribution >= 0.6 is 15.9 Å². The second kappa shape index (κ2) is 5.44. The summed E-state index contributed by atoms with van der Waals surface area (Å²) in [6.45, 7) is 0. The Morgan fingerprint density at radius 1 is 1.04 bits per heavy atom. The highest BCUT2D eigenvalue weighted by Crippen LogP contribution is 2.40. The lowest BCUT2D eigenvalue weighted by Gasteiger charge is -2.00. The van der Waals surface area contributed by atoms with E-state index in [0.717, 1.165) is 15.4 Å². The van der Waals surface area contributed by atoms with Crippen molar-refractivity contribution in [2.24, 2.45) is 0 Å². The average molecular weight is 371 g/mol. The number of epoxide rings is 1. The molecule has 0 aliphatic carbocycles. The molecule has 2 heterocycles. The molecule has 1 aliphatic rings. The monoisotopic (exact) mass is 370 g/mol. The van der Waals surface area contributed by atoms with Gasteiger partial charge in [0.25, 0.3) is 0 Å². The smallest absolute Gasteiger partial charge is 0.347 e. The third kappa shape index (κ3) is 2.62. The standard InChI is InChI=1S/C18H11BrO4/c19-12-7-5-10(6-8-12)16-17(23-16)15(20)13-9-11-3-1-2-4-14(11)22-18(13)21/h1-9,16-17H. The molecule has 3 aromatic rings. The van der Waals surface area contributed by atoms with Crippen molar-refractivity contribution in [1.82, 2.24) is 0 Å². The molecule has 1 aromatic heterocycles. The summed E-state index contributed by atoms with van der Waals surface area (Å²) in [6.07, 6.45) is -0.929. The molecule has 0 saturated carbocycles. The predicted octanol–water partition coefficient (Wildman–Crippen LogP) is 3.88. The van der Waals surface area contributed by atoms with Gasteiger partial charge in [-0.3, -0.25) is 4.79 Å². The first-order chi connectivity index (χ1) is 11.1. The Labute approximate surface area is 139 Å². The Kier molecular flexibility index (Phi) is 3.39. The Morgan fingerprint density at radius 2 is 1.78 bits per heavy atom. The van der Waals surface area contributed by atoms with E-state index < -0.39 is 11.7 Å². The number of carbonyl (C=O) groups excluding carboxylic acids is 1. The Bertz CT molecular complexity index is 959. The van der Waals surface area contributed by atoms with Gasteiger partial charge in [0.15, 0.2) is 6.10 Å².